The van der Waals surface area contributed by atoms with E-state index in [1.165, 1.54) is 54.6 Å². The number of nitrogens with zero attached hydrogens (tertiary/aromatic N) is 2. The number of hydrogen-bond donors (Lipinski definition) is 1. The van der Waals surface area contributed by atoms with E-state index in [9.17, 15) is 18.8 Å². The van der Waals surface area contributed by atoms with Crippen molar-refractivity contribution in [2.45, 2.75) is 44.6 Å². The molecule has 0 spiro atoms. The van der Waals surface area contributed by atoms with Crippen LogP contribution in [0, 0.1) is 11.7 Å². The Balaban J connectivity index is 1.50. The standard InChI is InChI=1S/C26H27ClFN3O5/c1-35-26(34)17-10-11-22(29-14-17)30-25(33)21(12-16-6-3-2-4-7-16)31-15-18(13-23(31)32)36-24-19(27)8-5-9-20(24)28/h5,8-11,13-14,16,21H,2-4,6-7,12,15H2,1H3,(H,29,30,33). The van der Waals surface area contributed by atoms with Crippen molar-refractivity contribution in [3.63, 3.8) is 0 Å². The highest BCUT2D eigenvalue weighted by atomic mass is 35.5. The van der Waals surface area contributed by atoms with E-state index in [1.807, 2.05) is 0 Å². The third-order valence-electron chi connectivity index (χ3n) is 6.44. The zero-order valence-corrected chi connectivity index (χ0v) is 20.6. The fraction of sp³-hybridized carbons (Fsp3) is 0.385. The van der Waals surface area contributed by atoms with Crippen LogP contribution in [0.1, 0.15) is 48.9 Å². The van der Waals surface area contributed by atoms with Gasteiger partial charge in [0, 0.05) is 12.3 Å². The largest absolute Gasteiger partial charge is 0.465 e. The molecule has 2 heterocycles. The van der Waals surface area contributed by atoms with Gasteiger partial charge in [-0.1, -0.05) is 49.8 Å². The zero-order valence-electron chi connectivity index (χ0n) is 19.8. The molecule has 1 aromatic carbocycles. The molecule has 2 aliphatic rings. The van der Waals surface area contributed by atoms with Gasteiger partial charge in [-0.15, -0.1) is 0 Å². The van der Waals surface area contributed by atoms with Crippen LogP contribution < -0.4 is 10.1 Å². The van der Waals surface area contributed by atoms with Gasteiger partial charge in [0.1, 0.15) is 17.6 Å². The lowest BCUT2D eigenvalue weighted by molar-refractivity contribution is -0.134. The number of pyridine rings is 1. The minimum Gasteiger partial charge on any atom is -0.465 e. The summed E-state index contributed by atoms with van der Waals surface area (Å²) >= 11 is 6.06. The lowest BCUT2D eigenvalue weighted by atomic mass is 9.84. The number of rotatable bonds is 8. The van der Waals surface area contributed by atoms with Gasteiger partial charge in [-0.3, -0.25) is 9.59 Å². The average Bonchev–Trinajstić information content (AvgIpc) is 3.25. The molecule has 1 N–H and O–H groups in total. The number of aromatic nitrogens is 1. The number of benzene rings is 1. The number of anilines is 1. The summed E-state index contributed by atoms with van der Waals surface area (Å²) < 4.78 is 24.5. The van der Waals surface area contributed by atoms with Gasteiger partial charge >= 0.3 is 5.97 Å². The average molecular weight is 516 g/mol. The molecular weight excluding hydrogens is 489 g/mol. The van der Waals surface area contributed by atoms with E-state index in [1.54, 1.807) is 0 Å². The Morgan fingerprint density at radius 1 is 1.22 bits per heavy atom. The number of halogens is 2. The van der Waals surface area contributed by atoms with Crippen LogP contribution in [0.4, 0.5) is 10.2 Å². The Labute approximate surface area is 213 Å². The molecule has 1 atom stereocenters. The second-order valence-corrected chi connectivity index (χ2v) is 9.31. The number of methoxy groups -OCH3 is 1. The lowest BCUT2D eigenvalue weighted by Crippen LogP contribution is -2.46. The molecule has 1 unspecified atom stereocenters. The highest BCUT2D eigenvalue weighted by Gasteiger charge is 2.36. The Hall–Kier alpha value is -3.46. The zero-order chi connectivity index (χ0) is 25.7. The molecule has 0 saturated heterocycles. The summed E-state index contributed by atoms with van der Waals surface area (Å²) in [6.07, 6.45) is 8.36. The Morgan fingerprint density at radius 2 is 2.00 bits per heavy atom. The van der Waals surface area contributed by atoms with Crippen molar-refractivity contribution in [2.75, 3.05) is 19.0 Å². The SMILES string of the molecule is COC(=O)c1ccc(NC(=O)C(CC2CCCCC2)N2CC(Oc3c(F)cccc3Cl)=CC2=O)nc1. The number of carbonyl (C=O) groups excluding carboxylic acids is 3. The van der Waals surface area contributed by atoms with Crippen molar-refractivity contribution in [2.24, 2.45) is 5.92 Å². The first-order valence-corrected chi connectivity index (χ1v) is 12.2. The van der Waals surface area contributed by atoms with Crippen LogP contribution in [0.25, 0.3) is 0 Å². The highest BCUT2D eigenvalue weighted by Crippen LogP contribution is 2.33. The molecule has 1 aliphatic carbocycles. The predicted octanol–water partition coefficient (Wildman–Crippen LogP) is 4.74. The molecular formula is C26H27ClFN3O5. The van der Waals surface area contributed by atoms with Crippen molar-refractivity contribution in [3.8, 4) is 5.75 Å². The Kier molecular flexibility index (Phi) is 8.20. The third-order valence-corrected chi connectivity index (χ3v) is 6.74. The molecule has 1 saturated carbocycles. The number of hydrogen-bond acceptors (Lipinski definition) is 6. The number of nitrogens with one attached hydrogen (secondary N) is 1. The van der Waals surface area contributed by atoms with Gasteiger partial charge in [0.2, 0.25) is 5.91 Å². The summed E-state index contributed by atoms with van der Waals surface area (Å²) in [7, 11) is 1.27. The normalized spacial score (nSPS) is 16.9. The summed E-state index contributed by atoms with van der Waals surface area (Å²) in [4.78, 5) is 43.5. The van der Waals surface area contributed by atoms with E-state index in [0.29, 0.717) is 12.3 Å². The topological polar surface area (TPSA) is 97.8 Å². The van der Waals surface area contributed by atoms with Crippen LogP contribution in [0.2, 0.25) is 5.02 Å². The molecule has 1 fully saturated rings. The number of carbonyl (C=O) groups is 3. The van der Waals surface area contributed by atoms with Gasteiger partial charge in [0.15, 0.2) is 11.6 Å². The van der Waals surface area contributed by atoms with Gasteiger partial charge in [0.25, 0.3) is 5.91 Å². The van der Waals surface area contributed by atoms with E-state index < -0.39 is 29.6 Å². The van der Waals surface area contributed by atoms with Crippen LogP contribution in [-0.4, -0.2) is 47.4 Å². The molecule has 10 heteroatoms. The monoisotopic (exact) mass is 515 g/mol. The molecule has 2 aromatic rings. The third kappa shape index (κ3) is 6.02. The van der Waals surface area contributed by atoms with Gasteiger partial charge in [-0.25, -0.2) is 14.2 Å². The summed E-state index contributed by atoms with van der Waals surface area (Å²) in [6.45, 7) is 0.00299. The molecule has 190 valence electrons. The van der Waals surface area contributed by atoms with Crippen molar-refractivity contribution < 1.29 is 28.2 Å². The number of ether oxygens (including phenoxy) is 2. The first kappa shape index (κ1) is 25.6. The smallest absolute Gasteiger partial charge is 0.339 e. The van der Waals surface area contributed by atoms with Crippen LogP contribution in [0.5, 0.6) is 5.75 Å². The van der Waals surface area contributed by atoms with Crippen molar-refractivity contribution >= 4 is 35.2 Å². The quantitative estimate of drug-likeness (QED) is 0.510. The van der Waals surface area contributed by atoms with E-state index in [2.05, 4.69) is 15.0 Å². The molecule has 2 amide bonds. The van der Waals surface area contributed by atoms with Crippen molar-refractivity contribution in [1.82, 2.24) is 9.88 Å². The second-order valence-electron chi connectivity index (χ2n) is 8.90. The summed E-state index contributed by atoms with van der Waals surface area (Å²) in [5.74, 6) is -1.40. The van der Waals surface area contributed by atoms with Crippen LogP contribution in [0.3, 0.4) is 0 Å². The van der Waals surface area contributed by atoms with E-state index >= 15 is 0 Å². The lowest BCUT2D eigenvalue weighted by Gasteiger charge is -2.31. The van der Waals surface area contributed by atoms with E-state index in [4.69, 9.17) is 16.3 Å². The van der Waals surface area contributed by atoms with Gasteiger partial charge in [-0.2, -0.15) is 0 Å². The molecule has 1 aliphatic heterocycles. The van der Waals surface area contributed by atoms with E-state index in [-0.39, 0.29) is 34.5 Å². The summed E-state index contributed by atoms with van der Waals surface area (Å²) in [5, 5.41) is 2.84. The number of para-hydroxylation sites is 1. The first-order valence-electron chi connectivity index (χ1n) is 11.8. The minimum absolute atomic E-state index is 0.00299. The first-order chi connectivity index (χ1) is 17.4. The maximum absolute atomic E-state index is 14.2. The van der Waals surface area contributed by atoms with Gasteiger partial charge in [0.05, 0.1) is 24.2 Å². The van der Waals surface area contributed by atoms with Crippen molar-refractivity contribution in [3.05, 3.63) is 64.8 Å². The van der Waals surface area contributed by atoms with Crippen LogP contribution in [-0.2, 0) is 14.3 Å². The number of esters is 1. The second kappa shape index (κ2) is 11.5. The molecule has 8 nitrogen and oxygen atoms in total. The molecule has 4 rings (SSSR count). The summed E-state index contributed by atoms with van der Waals surface area (Å²) in [5.41, 5.74) is 0.252. The van der Waals surface area contributed by atoms with Gasteiger partial charge < -0.3 is 19.7 Å². The van der Waals surface area contributed by atoms with E-state index in [0.717, 1.165) is 32.1 Å². The molecule has 1 aromatic heterocycles. The molecule has 0 bridgehead atoms. The fourth-order valence-electron chi connectivity index (χ4n) is 4.58. The molecule has 36 heavy (non-hydrogen) atoms. The van der Waals surface area contributed by atoms with Crippen LogP contribution >= 0.6 is 11.6 Å². The number of amides is 2. The van der Waals surface area contributed by atoms with Gasteiger partial charge in [-0.05, 0) is 36.6 Å². The summed E-state index contributed by atoms with van der Waals surface area (Å²) in [6, 6.07) is 6.39. The Bertz CT molecular complexity index is 1140. The predicted molar refractivity (Wildman–Crippen MR) is 131 cm³/mol. The van der Waals surface area contributed by atoms with Crippen molar-refractivity contribution in [1.29, 1.82) is 0 Å². The fourth-order valence-corrected chi connectivity index (χ4v) is 4.78. The molecule has 0 radical (unpaired) electrons. The highest BCUT2D eigenvalue weighted by molar-refractivity contribution is 6.32. The van der Waals surface area contributed by atoms with Crippen LogP contribution in [0.15, 0.2) is 48.4 Å². The maximum Gasteiger partial charge on any atom is 0.339 e. The Morgan fingerprint density at radius 3 is 2.67 bits per heavy atom. The maximum atomic E-state index is 14.2. The minimum atomic E-state index is -0.781.